The predicted molar refractivity (Wildman–Crippen MR) is 81.1 cm³/mol. The van der Waals surface area contributed by atoms with Crippen LogP contribution in [0.4, 0.5) is 10.5 Å². The molecule has 1 aromatic rings. The molecule has 0 radical (unpaired) electrons. The van der Waals surface area contributed by atoms with Gasteiger partial charge < -0.3 is 20.5 Å². The smallest absolute Gasteiger partial charge is 0.319 e. The zero-order chi connectivity index (χ0) is 14.5. The van der Waals surface area contributed by atoms with Crippen molar-refractivity contribution in [2.75, 3.05) is 12.4 Å². The summed E-state index contributed by atoms with van der Waals surface area (Å²) in [5.74, 6) is 0.613. The molecule has 1 aliphatic carbocycles. The van der Waals surface area contributed by atoms with Crippen molar-refractivity contribution in [3.05, 3.63) is 22.7 Å². The Hall–Kier alpha value is -1.27. The number of urea groups is 1. The number of rotatable bonds is 3. The van der Waals surface area contributed by atoms with Crippen molar-refractivity contribution < 1.29 is 14.6 Å². The van der Waals surface area contributed by atoms with E-state index >= 15 is 0 Å². The zero-order valence-corrected chi connectivity index (χ0v) is 12.9. The van der Waals surface area contributed by atoms with Crippen LogP contribution in [-0.2, 0) is 0 Å². The van der Waals surface area contributed by atoms with E-state index in [9.17, 15) is 9.90 Å². The second-order valence-corrected chi connectivity index (χ2v) is 5.86. The molecule has 1 saturated carbocycles. The van der Waals surface area contributed by atoms with Gasteiger partial charge in [-0.1, -0.05) is 15.9 Å². The summed E-state index contributed by atoms with van der Waals surface area (Å²) in [5.41, 5.74) is 0.621. The molecule has 6 heteroatoms. The van der Waals surface area contributed by atoms with Crippen LogP contribution in [0.15, 0.2) is 22.7 Å². The molecule has 0 aromatic heterocycles. The van der Waals surface area contributed by atoms with Crippen LogP contribution in [0.1, 0.15) is 25.7 Å². The maximum Gasteiger partial charge on any atom is 0.319 e. The molecule has 1 aromatic carbocycles. The van der Waals surface area contributed by atoms with Gasteiger partial charge in [0.15, 0.2) is 0 Å². The van der Waals surface area contributed by atoms with Crippen LogP contribution in [0.3, 0.4) is 0 Å². The number of methoxy groups -OCH3 is 1. The highest BCUT2D eigenvalue weighted by atomic mass is 79.9. The van der Waals surface area contributed by atoms with Gasteiger partial charge in [0, 0.05) is 10.5 Å². The van der Waals surface area contributed by atoms with Crippen LogP contribution in [-0.4, -0.2) is 30.4 Å². The SMILES string of the molecule is COc1ccc(Br)cc1NC(=O)NC1CCC(O)CC1. The Morgan fingerprint density at radius 3 is 2.70 bits per heavy atom. The highest BCUT2D eigenvalue weighted by Gasteiger charge is 2.21. The molecule has 2 rings (SSSR count). The number of ether oxygens (including phenoxy) is 1. The number of aliphatic hydroxyl groups excluding tert-OH is 1. The molecule has 0 heterocycles. The number of carbonyl (C=O) groups excluding carboxylic acids is 1. The highest BCUT2D eigenvalue weighted by Crippen LogP contribution is 2.28. The van der Waals surface area contributed by atoms with E-state index in [1.165, 1.54) is 0 Å². The summed E-state index contributed by atoms with van der Waals surface area (Å²) in [7, 11) is 1.56. The second kappa shape index (κ2) is 6.95. The average molecular weight is 343 g/mol. The van der Waals surface area contributed by atoms with Gasteiger partial charge in [-0.25, -0.2) is 4.79 Å². The summed E-state index contributed by atoms with van der Waals surface area (Å²) < 4.78 is 6.08. The summed E-state index contributed by atoms with van der Waals surface area (Å²) in [6.45, 7) is 0. The lowest BCUT2D eigenvalue weighted by molar-refractivity contribution is 0.118. The van der Waals surface area contributed by atoms with Crippen molar-refractivity contribution in [3.63, 3.8) is 0 Å². The number of nitrogens with one attached hydrogen (secondary N) is 2. The molecule has 0 atom stereocenters. The Morgan fingerprint density at radius 2 is 2.05 bits per heavy atom. The van der Waals surface area contributed by atoms with Gasteiger partial charge in [0.2, 0.25) is 0 Å². The minimum Gasteiger partial charge on any atom is -0.495 e. The van der Waals surface area contributed by atoms with Crippen molar-refractivity contribution in [1.29, 1.82) is 0 Å². The van der Waals surface area contributed by atoms with Crippen LogP contribution in [0.5, 0.6) is 5.75 Å². The number of benzene rings is 1. The molecule has 2 amide bonds. The lowest BCUT2D eigenvalue weighted by Gasteiger charge is -2.26. The van der Waals surface area contributed by atoms with E-state index < -0.39 is 0 Å². The van der Waals surface area contributed by atoms with Crippen molar-refractivity contribution in [1.82, 2.24) is 5.32 Å². The molecule has 110 valence electrons. The number of hydrogen-bond donors (Lipinski definition) is 3. The Morgan fingerprint density at radius 1 is 1.35 bits per heavy atom. The van der Waals surface area contributed by atoms with E-state index in [0.717, 1.165) is 30.2 Å². The Bertz CT molecular complexity index is 473. The number of amides is 2. The van der Waals surface area contributed by atoms with E-state index in [4.69, 9.17) is 4.74 Å². The average Bonchev–Trinajstić information content (AvgIpc) is 2.41. The van der Waals surface area contributed by atoms with Crippen LogP contribution < -0.4 is 15.4 Å². The van der Waals surface area contributed by atoms with Gasteiger partial charge in [-0.2, -0.15) is 0 Å². The van der Waals surface area contributed by atoms with Gasteiger partial charge >= 0.3 is 6.03 Å². The van der Waals surface area contributed by atoms with E-state index in [1.54, 1.807) is 19.2 Å². The van der Waals surface area contributed by atoms with E-state index in [1.807, 2.05) is 6.07 Å². The van der Waals surface area contributed by atoms with E-state index in [2.05, 4.69) is 26.6 Å². The first-order valence-electron chi connectivity index (χ1n) is 6.67. The first-order valence-corrected chi connectivity index (χ1v) is 7.47. The molecule has 3 N–H and O–H groups in total. The normalized spacial score (nSPS) is 22.1. The molecule has 0 unspecified atom stereocenters. The highest BCUT2D eigenvalue weighted by molar-refractivity contribution is 9.10. The van der Waals surface area contributed by atoms with Gasteiger partial charge in [-0.3, -0.25) is 0 Å². The Balaban J connectivity index is 1.92. The third kappa shape index (κ3) is 4.11. The van der Waals surface area contributed by atoms with Gasteiger partial charge in [0.1, 0.15) is 5.75 Å². The fourth-order valence-electron chi connectivity index (χ4n) is 2.34. The molecule has 20 heavy (non-hydrogen) atoms. The Kier molecular flexibility index (Phi) is 5.25. The fourth-order valence-corrected chi connectivity index (χ4v) is 2.70. The van der Waals surface area contributed by atoms with E-state index in [0.29, 0.717) is 11.4 Å². The second-order valence-electron chi connectivity index (χ2n) is 4.95. The standard InChI is InChI=1S/C14H19BrN2O3/c1-20-13-7-2-9(15)8-12(13)17-14(19)16-10-3-5-11(18)6-4-10/h2,7-8,10-11,18H,3-6H2,1H3,(H2,16,17,19). The van der Waals surface area contributed by atoms with Gasteiger partial charge in [0.25, 0.3) is 0 Å². The van der Waals surface area contributed by atoms with Crippen LogP contribution in [0.25, 0.3) is 0 Å². The molecule has 5 nitrogen and oxygen atoms in total. The minimum atomic E-state index is -0.247. The topological polar surface area (TPSA) is 70.6 Å². The summed E-state index contributed by atoms with van der Waals surface area (Å²) >= 11 is 3.37. The molecule has 1 aliphatic rings. The van der Waals surface area contributed by atoms with Crippen LogP contribution in [0, 0.1) is 0 Å². The van der Waals surface area contributed by atoms with E-state index in [-0.39, 0.29) is 18.2 Å². The predicted octanol–water partition coefficient (Wildman–Crippen LogP) is 2.88. The maximum atomic E-state index is 12.0. The largest absolute Gasteiger partial charge is 0.495 e. The third-order valence-corrected chi connectivity index (χ3v) is 3.93. The van der Waals surface area contributed by atoms with Crippen LogP contribution >= 0.6 is 15.9 Å². The monoisotopic (exact) mass is 342 g/mol. The quantitative estimate of drug-likeness (QED) is 0.790. The number of halogens is 1. The number of hydrogen-bond acceptors (Lipinski definition) is 3. The molecule has 0 saturated heterocycles. The molecule has 0 aliphatic heterocycles. The first-order chi connectivity index (χ1) is 9.58. The molecule has 0 spiro atoms. The van der Waals surface area contributed by atoms with Crippen molar-refractivity contribution >= 4 is 27.6 Å². The Labute approximate surface area is 126 Å². The van der Waals surface area contributed by atoms with Crippen LogP contribution in [0.2, 0.25) is 0 Å². The minimum absolute atomic E-state index is 0.122. The molecule has 1 fully saturated rings. The first kappa shape index (κ1) is 15.1. The van der Waals surface area contributed by atoms with Gasteiger partial charge in [-0.05, 0) is 43.9 Å². The summed E-state index contributed by atoms with van der Waals surface area (Å²) in [6.07, 6.45) is 2.88. The molecular weight excluding hydrogens is 324 g/mol. The number of aliphatic hydroxyl groups is 1. The fraction of sp³-hybridized carbons (Fsp3) is 0.500. The summed E-state index contributed by atoms with van der Waals surface area (Å²) in [4.78, 5) is 12.0. The third-order valence-electron chi connectivity index (χ3n) is 3.44. The van der Waals surface area contributed by atoms with Crippen molar-refractivity contribution in [2.24, 2.45) is 0 Å². The van der Waals surface area contributed by atoms with Crippen molar-refractivity contribution in [3.8, 4) is 5.75 Å². The zero-order valence-electron chi connectivity index (χ0n) is 11.4. The molecule has 0 bridgehead atoms. The summed E-state index contributed by atoms with van der Waals surface area (Å²) in [6, 6.07) is 5.31. The molecular formula is C14H19BrN2O3. The van der Waals surface area contributed by atoms with Gasteiger partial charge in [-0.15, -0.1) is 0 Å². The maximum absolute atomic E-state index is 12.0. The lowest BCUT2D eigenvalue weighted by Crippen LogP contribution is -2.40. The number of carbonyl (C=O) groups is 1. The lowest BCUT2D eigenvalue weighted by atomic mass is 9.93. The van der Waals surface area contributed by atoms with Crippen molar-refractivity contribution in [2.45, 2.75) is 37.8 Å². The number of anilines is 1. The summed E-state index contributed by atoms with van der Waals surface area (Å²) in [5, 5.41) is 15.2. The van der Waals surface area contributed by atoms with Gasteiger partial charge in [0.05, 0.1) is 18.9 Å².